The molecule has 0 radical (unpaired) electrons. The zero-order valence-corrected chi connectivity index (χ0v) is 17.6. The van der Waals surface area contributed by atoms with Gasteiger partial charge in [0.1, 0.15) is 5.69 Å². The van der Waals surface area contributed by atoms with Gasteiger partial charge in [-0.2, -0.15) is 5.26 Å². The molecule has 0 aliphatic heterocycles. The number of carbonyl (C=O) groups is 3. The minimum Gasteiger partial charge on any atom is -0.456 e. The number of nitrogens with zero attached hydrogens (tertiary/aromatic N) is 2. The Hall–Kier alpha value is -5.18. The number of anilines is 2. The molecule has 0 bridgehead atoms. The molecule has 0 fully saturated rings. The summed E-state index contributed by atoms with van der Waals surface area (Å²) < 4.78 is 9.21. The number of nitriles is 1. The third-order valence-corrected chi connectivity index (χ3v) is 4.67. The highest BCUT2D eigenvalue weighted by atomic mass is 16.5. The van der Waals surface area contributed by atoms with E-state index >= 15 is 0 Å². The van der Waals surface area contributed by atoms with Crippen molar-refractivity contribution in [1.29, 1.82) is 5.26 Å². The Morgan fingerprint density at radius 3 is 2.65 bits per heavy atom. The van der Waals surface area contributed by atoms with E-state index in [1.54, 1.807) is 24.3 Å². The van der Waals surface area contributed by atoms with Gasteiger partial charge in [0.05, 0.1) is 28.5 Å². The van der Waals surface area contributed by atoms with Crippen molar-refractivity contribution in [2.45, 2.75) is 6.92 Å². The van der Waals surface area contributed by atoms with Gasteiger partial charge in [0, 0.05) is 17.9 Å². The summed E-state index contributed by atoms with van der Waals surface area (Å²) in [5.41, 5.74) is 1.92. The van der Waals surface area contributed by atoms with Gasteiger partial charge < -0.3 is 20.4 Å². The van der Waals surface area contributed by atoms with Gasteiger partial charge in [0.15, 0.2) is 12.4 Å². The van der Waals surface area contributed by atoms with Crippen LogP contribution in [0.1, 0.15) is 23.0 Å². The molecule has 0 spiro atoms. The van der Waals surface area contributed by atoms with Crippen molar-refractivity contribution < 1.29 is 23.6 Å². The van der Waals surface area contributed by atoms with Crippen LogP contribution >= 0.6 is 0 Å². The maximum Gasteiger partial charge on any atom is 0.439 e. The Bertz CT molecular complexity index is 1520. The molecule has 0 aliphatic carbocycles. The van der Waals surface area contributed by atoms with Gasteiger partial charge in [-0.05, 0) is 30.3 Å². The summed E-state index contributed by atoms with van der Waals surface area (Å²) in [6.07, 6.45) is 0. The number of esters is 1. The quantitative estimate of drug-likeness (QED) is 0.315. The van der Waals surface area contributed by atoms with E-state index < -0.39 is 30.1 Å². The average molecular weight is 460 g/mol. The van der Waals surface area contributed by atoms with Crippen LogP contribution in [-0.4, -0.2) is 39.5 Å². The number of rotatable bonds is 6. The van der Waals surface area contributed by atoms with Crippen LogP contribution in [-0.2, 0) is 14.3 Å². The van der Waals surface area contributed by atoms with Gasteiger partial charge in [0.2, 0.25) is 0 Å². The van der Waals surface area contributed by atoms with Gasteiger partial charge in [0.25, 0.3) is 11.8 Å². The Morgan fingerprint density at radius 2 is 1.94 bits per heavy atom. The zero-order valence-electron chi connectivity index (χ0n) is 17.6. The molecule has 0 aliphatic rings. The molecule has 0 saturated heterocycles. The van der Waals surface area contributed by atoms with Crippen molar-refractivity contribution in [3.05, 3.63) is 64.3 Å². The van der Waals surface area contributed by atoms with E-state index in [4.69, 9.17) is 0 Å². The monoisotopic (exact) mass is 460 g/mol. The lowest BCUT2D eigenvalue weighted by molar-refractivity contribution is -0.144. The molecule has 0 unspecified atom stereocenters. The lowest BCUT2D eigenvalue weighted by Gasteiger charge is -2.09. The minimum absolute atomic E-state index is 0.0480. The number of benzene rings is 2. The van der Waals surface area contributed by atoms with Crippen LogP contribution in [0.5, 0.6) is 0 Å². The first-order valence-electron chi connectivity index (χ1n) is 9.81. The van der Waals surface area contributed by atoms with E-state index in [2.05, 4.69) is 35.0 Å². The van der Waals surface area contributed by atoms with Crippen molar-refractivity contribution in [2.24, 2.45) is 0 Å². The highest BCUT2D eigenvalue weighted by Gasteiger charge is 2.17. The van der Waals surface area contributed by atoms with Crippen molar-refractivity contribution in [3.8, 4) is 17.5 Å². The molecule has 170 valence electrons. The Labute approximate surface area is 190 Å². The van der Waals surface area contributed by atoms with Crippen LogP contribution in [0.15, 0.2) is 51.8 Å². The topological polar surface area (TPSA) is 183 Å². The maximum atomic E-state index is 13.0. The molecule has 2 aromatic heterocycles. The number of fused-ring (bicyclic) bond motifs is 1. The summed E-state index contributed by atoms with van der Waals surface area (Å²) >= 11 is 0. The summed E-state index contributed by atoms with van der Waals surface area (Å²) in [7, 11) is 0. The number of aromatic amines is 2. The van der Waals surface area contributed by atoms with Gasteiger partial charge >= 0.3 is 11.7 Å². The van der Waals surface area contributed by atoms with Crippen LogP contribution in [0.2, 0.25) is 0 Å². The molecule has 0 saturated carbocycles. The molecule has 12 heteroatoms. The molecule has 12 nitrogen and oxygen atoms in total. The maximum absolute atomic E-state index is 13.0. The highest BCUT2D eigenvalue weighted by Crippen LogP contribution is 2.28. The summed E-state index contributed by atoms with van der Waals surface area (Å²) in [5, 5.41) is 18.8. The van der Waals surface area contributed by atoms with E-state index in [0.717, 1.165) is 0 Å². The van der Waals surface area contributed by atoms with E-state index in [1.165, 1.54) is 25.1 Å². The number of para-hydroxylation sites is 1. The van der Waals surface area contributed by atoms with Gasteiger partial charge in [-0.1, -0.05) is 17.3 Å². The predicted molar refractivity (Wildman–Crippen MR) is 119 cm³/mol. The number of nitrogens with one attached hydrogen (secondary N) is 4. The van der Waals surface area contributed by atoms with Crippen molar-refractivity contribution in [3.63, 3.8) is 0 Å². The first-order valence-corrected chi connectivity index (χ1v) is 9.81. The molecular formula is C22H16N6O6. The first-order chi connectivity index (χ1) is 16.3. The number of ether oxygens (including phenoxy) is 1. The summed E-state index contributed by atoms with van der Waals surface area (Å²) in [6, 6.07) is 13.1. The Balaban J connectivity index is 1.61. The fourth-order valence-electron chi connectivity index (χ4n) is 3.19. The summed E-state index contributed by atoms with van der Waals surface area (Å²) in [5.74, 6) is -2.37. The predicted octanol–water partition coefficient (Wildman–Crippen LogP) is 2.14. The first kappa shape index (κ1) is 22.0. The van der Waals surface area contributed by atoms with Crippen LogP contribution in [0.3, 0.4) is 0 Å². The van der Waals surface area contributed by atoms with Crippen LogP contribution in [0.25, 0.3) is 22.3 Å². The Kier molecular flexibility index (Phi) is 5.91. The average Bonchev–Trinajstić information content (AvgIpc) is 3.45. The van der Waals surface area contributed by atoms with Crippen LogP contribution < -0.4 is 16.4 Å². The summed E-state index contributed by atoms with van der Waals surface area (Å²) in [4.78, 5) is 52.6. The lowest BCUT2D eigenvalue weighted by atomic mass is 10.1. The highest BCUT2D eigenvalue weighted by molar-refractivity contribution is 6.09. The lowest BCUT2D eigenvalue weighted by Crippen LogP contribution is -2.20. The molecule has 2 amide bonds. The van der Waals surface area contributed by atoms with Crippen molar-refractivity contribution >= 4 is 40.1 Å². The normalized spacial score (nSPS) is 10.5. The van der Waals surface area contributed by atoms with E-state index in [1.807, 2.05) is 6.07 Å². The van der Waals surface area contributed by atoms with Crippen molar-refractivity contribution in [1.82, 2.24) is 15.1 Å². The number of H-pyrrole nitrogens is 2. The van der Waals surface area contributed by atoms with Gasteiger partial charge in [-0.25, -0.2) is 4.79 Å². The fourth-order valence-corrected chi connectivity index (χ4v) is 3.19. The van der Waals surface area contributed by atoms with E-state index in [0.29, 0.717) is 16.6 Å². The SMILES string of the molecule is CC(=O)OCC(=O)Nc1cccc2cc(C(=O)Nc3ccc(C#N)cc3-c3noc(=O)[nH]3)[nH]c12. The molecule has 34 heavy (non-hydrogen) atoms. The fraction of sp³-hybridized carbons (Fsp3) is 0.0909. The van der Waals surface area contributed by atoms with Gasteiger partial charge in [-0.3, -0.25) is 23.9 Å². The second-order valence-electron chi connectivity index (χ2n) is 7.05. The second-order valence-corrected chi connectivity index (χ2v) is 7.05. The third kappa shape index (κ3) is 4.68. The molecule has 4 rings (SSSR count). The van der Waals surface area contributed by atoms with Gasteiger partial charge in [-0.15, -0.1) is 0 Å². The third-order valence-electron chi connectivity index (χ3n) is 4.67. The van der Waals surface area contributed by atoms with Crippen molar-refractivity contribution in [2.75, 3.05) is 17.2 Å². The zero-order chi connectivity index (χ0) is 24.2. The number of carbonyl (C=O) groups excluding carboxylic acids is 3. The van der Waals surface area contributed by atoms with Crippen LogP contribution in [0.4, 0.5) is 11.4 Å². The number of aromatic nitrogens is 3. The number of amides is 2. The van der Waals surface area contributed by atoms with E-state index in [9.17, 15) is 24.4 Å². The Morgan fingerprint density at radius 1 is 1.12 bits per heavy atom. The number of hydrogen-bond acceptors (Lipinski definition) is 8. The molecule has 2 aromatic carbocycles. The molecule has 2 heterocycles. The smallest absolute Gasteiger partial charge is 0.439 e. The largest absolute Gasteiger partial charge is 0.456 e. The standard InChI is InChI=1S/C22H16N6O6/c1-11(29)33-10-18(30)24-16-4-2-3-13-8-17(25-19(13)16)21(31)26-15-6-5-12(9-23)7-14(15)20-27-22(32)34-28-20/h2-8,25H,10H2,1H3,(H,24,30)(H,26,31)(H,27,28,32). The second kappa shape index (κ2) is 9.13. The molecular weight excluding hydrogens is 444 g/mol. The van der Waals surface area contributed by atoms with Crippen LogP contribution in [0, 0.1) is 11.3 Å². The molecule has 4 N–H and O–H groups in total. The van der Waals surface area contributed by atoms with E-state index in [-0.39, 0.29) is 28.3 Å². The summed E-state index contributed by atoms with van der Waals surface area (Å²) in [6.45, 7) is 0.759. The minimum atomic E-state index is -0.784. The molecule has 0 atom stereocenters. The number of hydrogen-bond donors (Lipinski definition) is 4. The molecule has 4 aromatic rings.